The van der Waals surface area contributed by atoms with E-state index in [1.165, 1.54) is 12.8 Å². The van der Waals surface area contributed by atoms with E-state index < -0.39 is 0 Å². The van der Waals surface area contributed by atoms with E-state index in [2.05, 4.69) is 28.4 Å². The van der Waals surface area contributed by atoms with Gasteiger partial charge in [0.15, 0.2) is 5.82 Å². The summed E-state index contributed by atoms with van der Waals surface area (Å²) in [5.74, 6) is 1.70. The van der Waals surface area contributed by atoms with E-state index in [-0.39, 0.29) is 5.54 Å². The van der Waals surface area contributed by atoms with Gasteiger partial charge in [0.1, 0.15) is 5.52 Å². The predicted octanol–water partition coefficient (Wildman–Crippen LogP) is 2.36. The summed E-state index contributed by atoms with van der Waals surface area (Å²) >= 11 is 0. The molecule has 2 heterocycles. The average molecular weight is 273 g/mol. The van der Waals surface area contributed by atoms with E-state index in [0.717, 1.165) is 35.8 Å². The largest absolute Gasteiger partial charge is 0.362 e. The zero-order valence-electron chi connectivity index (χ0n) is 12.3. The predicted molar refractivity (Wildman–Crippen MR) is 80.8 cm³/mol. The van der Waals surface area contributed by atoms with Crippen LogP contribution in [0.4, 0.5) is 5.82 Å². The Labute approximate surface area is 119 Å². The molecule has 3 rings (SSSR count). The van der Waals surface area contributed by atoms with Crippen molar-refractivity contribution in [2.24, 2.45) is 11.7 Å². The first kappa shape index (κ1) is 13.4. The zero-order chi connectivity index (χ0) is 14.2. The third kappa shape index (κ3) is 2.38. The molecule has 1 aliphatic rings. The molecule has 0 radical (unpaired) electrons. The quantitative estimate of drug-likeness (QED) is 0.901. The molecule has 0 saturated heterocycles. The molecule has 5 heteroatoms. The highest BCUT2D eigenvalue weighted by molar-refractivity contribution is 5.68. The monoisotopic (exact) mass is 273 g/mol. The summed E-state index contributed by atoms with van der Waals surface area (Å²) in [6, 6.07) is 2.06. The Kier molecular flexibility index (Phi) is 3.38. The molecule has 0 amide bonds. The van der Waals surface area contributed by atoms with Gasteiger partial charge in [0, 0.05) is 18.9 Å². The highest BCUT2D eigenvalue weighted by Gasteiger charge is 2.33. The van der Waals surface area contributed by atoms with Gasteiger partial charge in [-0.05, 0) is 44.6 Å². The van der Waals surface area contributed by atoms with Crippen LogP contribution in [0.15, 0.2) is 18.5 Å². The van der Waals surface area contributed by atoms with Gasteiger partial charge in [-0.25, -0.2) is 9.50 Å². The molecule has 2 aromatic heterocycles. The Morgan fingerprint density at radius 3 is 2.90 bits per heavy atom. The van der Waals surface area contributed by atoms with E-state index in [1.807, 2.05) is 17.6 Å². The smallest absolute Gasteiger partial charge is 0.152 e. The van der Waals surface area contributed by atoms with Crippen molar-refractivity contribution in [3.05, 3.63) is 24.2 Å². The van der Waals surface area contributed by atoms with E-state index in [4.69, 9.17) is 5.73 Å². The van der Waals surface area contributed by atoms with Crippen molar-refractivity contribution in [1.29, 1.82) is 0 Å². The molecule has 5 nitrogen and oxygen atoms in total. The molecule has 2 aromatic rings. The number of nitrogens with two attached hydrogens (primary N) is 1. The Balaban J connectivity index is 1.91. The maximum absolute atomic E-state index is 6.07. The number of nitrogens with one attached hydrogen (secondary N) is 1. The first-order chi connectivity index (χ1) is 9.62. The fourth-order valence-corrected chi connectivity index (χ4v) is 3.09. The number of anilines is 1. The first-order valence-corrected chi connectivity index (χ1v) is 7.41. The lowest BCUT2D eigenvalue weighted by atomic mass is 9.77. The van der Waals surface area contributed by atoms with Gasteiger partial charge in [0.2, 0.25) is 0 Å². The van der Waals surface area contributed by atoms with Crippen LogP contribution in [0.1, 0.15) is 38.3 Å². The molecule has 0 aromatic carbocycles. The van der Waals surface area contributed by atoms with Crippen molar-refractivity contribution in [3.8, 4) is 0 Å². The van der Waals surface area contributed by atoms with Gasteiger partial charge in [-0.3, -0.25) is 0 Å². The van der Waals surface area contributed by atoms with Crippen LogP contribution in [0.25, 0.3) is 5.52 Å². The summed E-state index contributed by atoms with van der Waals surface area (Å²) in [7, 11) is 0. The Hall–Kier alpha value is -1.62. The molecule has 108 valence electrons. The summed E-state index contributed by atoms with van der Waals surface area (Å²) in [5.41, 5.74) is 8.08. The van der Waals surface area contributed by atoms with Gasteiger partial charge in [0.05, 0.1) is 11.2 Å². The number of fused-ring (bicyclic) bond motifs is 1. The van der Waals surface area contributed by atoms with Crippen LogP contribution in [0.2, 0.25) is 0 Å². The molecule has 0 aliphatic heterocycles. The van der Waals surface area contributed by atoms with Gasteiger partial charge < -0.3 is 11.1 Å². The fraction of sp³-hybridized carbons (Fsp3) is 0.600. The van der Waals surface area contributed by atoms with Crippen LogP contribution in [-0.2, 0) is 0 Å². The first-order valence-electron chi connectivity index (χ1n) is 7.41. The standard InChI is InChI=1S/C15H23N5/c1-11-3-5-15(10-16,6-4-11)18-14-13-9-12(2)19-20(13)8-7-17-14/h7-9,11H,3-6,10,16H2,1-2H3,(H,17,18). The zero-order valence-corrected chi connectivity index (χ0v) is 12.3. The number of hydrogen-bond acceptors (Lipinski definition) is 4. The highest BCUT2D eigenvalue weighted by atomic mass is 15.2. The van der Waals surface area contributed by atoms with Gasteiger partial charge in [-0.1, -0.05) is 6.92 Å². The fourth-order valence-electron chi connectivity index (χ4n) is 3.09. The summed E-state index contributed by atoms with van der Waals surface area (Å²) in [4.78, 5) is 4.50. The third-order valence-corrected chi connectivity index (χ3v) is 4.52. The third-order valence-electron chi connectivity index (χ3n) is 4.52. The molecule has 0 unspecified atom stereocenters. The van der Waals surface area contributed by atoms with Crippen molar-refractivity contribution < 1.29 is 0 Å². The van der Waals surface area contributed by atoms with E-state index in [9.17, 15) is 0 Å². The Morgan fingerprint density at radius 2 is 2.20 bits per heavy atom. The SMILES string of the molecule is Cc1cc2c(NC3(CN)CCC(C)CC3)nccn2n1. The summed E-state index contributed by atoms with van der Waals surface area (Å²) in [5, 5.41) is 8.06. The van der Waals surface area contributed by atoms with Gasteiger partial charge in [-0.15, -0.1) is 0 Å². The Bertz CT molecular complexity index is 595. The van der Waals surface area contributed by atoms with Gasteiger partial charge >= 0.3 is 0 Å². The van der Waals surface area contributed by atoms with E-state index in [1.54, 1.807) is 6.20 Å². The van der Waals surface area contributed by atoms with Crippen molar-refractivity contribution in [2.45, 2.75) is 45.1 Å². The minimum Gasteiger partial charge on any atom is -0.362 e. The van der Waals surface area contributed by atoms with Gasteiger partial charge in [-0.2, -0.15) is 5.10 Å². The molecular formula is C15H23N5. The molecule has 3 N–H and O–H groups in total. The number of hydrogen-bond donors (Lipinski definition) is 2. The number of aryl methyl sites for hydroxylation is 1. The van der Waals surface area contributed by atoms with Crippen LogP contribution in [0.3, 0.4) is 0 Å². The molecule has 0 bridgehead atoms. The lowest BCUT2D eigenvalue weighted by Crippen LogP contribution is -2.48. The summed E-state index contributed by atoms with van der Waals surface area (Å²) in [6.07, 6.45) is 8.35. The van der Waals surface area contributed by atoms with Crippen molar-refractivity contribution in [2.75, 3.05) is 11.9 Å². The number of rotatable bonds is 3. The summed E-state index contributed by atoms with van der Waals surface area (Å²) < 4.78 is 1.88. The van der Waals surface area contributed by atoms with Crippen LogP contribution >= 0.6 is 0 Å². The second-order valence-electron chi connectivity index (χ2n) is 6.18. The normalized spacial score (nSPS) is 26.9. The maximum atomic E-state index is 6.07. The minimum atomic E-state index is -0.0144. The minimum absolute atomic E-state index is 0.0144. The van der Waals surface area contributed by atoms with E-state index in [0.29, 0.717) is 6.54 Å². The van der Waals surface area contributed by atoms with Crippen molar-refractivity contribution in [3.63, 3.8) is 0 Å². The second kappa shape index (κ2) is 5.05. The average Bonchev–Trinajstić information content (AvgIpc) is 2.83. The summed E-state index contributed by atoms with van der Waals surface area (Å²) in [6.45, 7) is 4.97. The molecule has 1 saturated carbocycles. The molecular weight excluding hydrogens is 250 g/mol. The van der Waals surface area contributed by atoms with Crippen molar-refractivity contribution in [1.82, 2.24) is 14.6 Å². The Morgan fingerprint density at radius 1 is 1.45 bits per heavy atom. The number of nitrogens with zero attached hydrogens (tertiary/aromatic N) is 3. The topological polar surface area (TPSA) is 68.2 Å². The molecule has 1 fully saturated rings. The molecule has 20 heavy (non-hydrogen) atoms. The van der Waals surface area contributed by atoms with Crippen LogP contribution < -0.4 is 11.1 Å². The second-order valence-corrected chi connectivity index (χ2v) is 6.18. The number of aromatic nitrogens is 3. The van der Waals surface area contributed by atoms with E-state index >= 15 is 0 Å². The van der Waals surface area contributed by atoms with Crippen LogP contribution in [0.5, 0.6) is 0 Å². The molecule has 0 spiro atoms. The lowest BCUT2D eigenvalue weighted by molar-refractivity contribution is 0.271. The van der Waals surface area contributed by atoms with Gasteiger partial charge in [0.25, 0.3) is 0 Å². The maximum Gasteiger partial charge on any atom is 0.152 e. The molecule has 0 atom stereocenters. The lowest BCUT2D eigenvalue weighted by Gasteiger charge is -2.39. The molecule has 1 aliphatic carbocycles. The van der Waals surface area contributed by atoms with Crippen LogP contribution in [-0.4, -0.2) is 26.7 Å². The van der Waals surface area contributed by atoms with Crippen LogP contribution in [0, 0.1) is 12.8 Å². The van der Waals surface area contributed by atoms with Crippen molar-refractivity contribution >= 4 is 11.3 Å². The highest BCUT2D eigenvalue weighted by Crippen LogP contribution is 2.34.